The van der Waals surface area contributed by atoms with Crippen LogP contribution < -0.4 is 11.1 Å². The monoisotopic (exact) mass is 252 g/mol. The lowest BCUT2D eigenvalue weighted by Crippen LogP contribution is -2.51. The fourth-order valence-corrected chi connectivity index (χ4v) is 2.10. The second kappa shape index (κ2) is 5.08. The third-order valence-corrected chi connectivity index (χ3v) is 3.60. The molecule has 3 N–H and O–H groups in total. The summed E-state index contributed by atoms with van der Waals surface area (Å²) in [6.45, 7) is 0.844. The Labute approximate surface area is 105 Å². The van der Waals surface area contributed by atoms with Crippen LogP contribution in [0.4, 0.5) is 5.69 Å². The molecular weight excluding hydrogens is 236 g/mol. The molecule has 1 amide bonds. The molecule has 0 saturated carbocycles. The zero-order chi connectivity index (χ0) is 12.3. The average Bonchev–Trinajstić information content (AvgIpc) is 2.78. The number of carbonyl (C=O) groups is 1. The van der Waals surface area contributed by atoms with Crippen molar-refractivity contribution in [1.82, 2.24) is 0 Å². The molecule has 0 aromatic heterocycles. The molecule has 92 valence electrons. The molecule has 1 aromatic rings. The molecule has 0 aliphatic carbocycles. The van der Waals surface area contributed by atoms with Crippen LogP contribution in [0.25, 0.3) is 0 Å². The zero-order valence-electron chi connectivity index (χ0n) is 9.73. The minimum Gasteiger partial charge on any atom is -0.379 e. The summed E-state index contributed by atoms with van der Waals surface area (Å²) in [4.78, 5) is 13.1. The number of anilines is 1. The summed E-state index contributed by atoms with van der Waals surface area (Å²) < 4.78 is 5.17. The highest BCUT2D eigenvalue weighted by molar-refractivity contribution is 7.98. The van der Waals surface area contributed by atoms with Gasteiger partial charge in [-0.25, -0.2) is 0 Å². The van der Waals surface area contributed by atoms with Gasteiger partial charge in [0.05, 0.1) is 6.61 Å². The fourth-order valence-electron chi connectivity index (χ4n) is 1.69. The third-order valence-electron chi connectivity index (χ3n) is 2.85. The maximum absolute atomic E-state index is 12.0. The molecule has 5 heteroatoms. The Morgan fingerprint density at radius 2 is 2.18 bits per heavy atom. The van der Waals surface area contributed by atoms with E-state index < -0.39 is 5.54 Å². The van der Waals surface area contributed by atoms with Crippen molar-refractivity contribution in [2.24, 2.45) is 5.73 Å². The quantitative estimate of drug-likeness (QED) is 0.799. The van der Waals surface area contributed by atoms with Crippen LogP contribution in [0.1, 0.15) is 6.42 Å². The maximum Gasteiger partial charge on any atom is 0.246 e. The number of thioether (sulfide) groups is 1. The number of hydrogen-bond acceptors (Lipinski definition) is 4. The molecule has 1 heterocycles. The molecule has 1 fully saturated rings. The van der Waals surface area contributed by atoms with Crippen molar-refractivity contribution in [3.63, 3.8) is 0 Å². The number of rotatable bonds is 3. The average molecular weight is 252 g/mol. The van der Waals surface area contributed by atoms with E-state index in [9.17, 15) is 4.79 Å². The molecule has 0 spiro atoms. The third kappa shape index (κ3) is 2.80. The number of nitrogens with one attached hydrogen (secondary N) is 1. The first-order valence-electron chi connectivity index (χ1n) is 5.46. The van der Waals surface area contributed by atoms with Crippen molar-refractivity contribution >= 4 is 23.4 Å². The second-order valence-corrected chi connectivity index (χ2v) is 5.02. The Balaban J connectivity index is 2.02. The molecule has 2 rings (SSSR count). The van der Waals surface area contributed by atoms with E-state index in [0.29, 0.717) is 19.6 Å². The molecule has 1 aliphatic rings. The topological polar surface area (TPSA) is 64.4 Å². The first-order chi connectivity index (χ1) is 8.14. The molecule has 1 saturated heterocycles. The van der Waals surface area contributed by atoms with Crippen molar-refractivity contribution in [3.05, 3.63) is 24.3 Å². The SMILES string of the molecule is CSc1ccc(NC(=O)C2(N)CCOC2)cc1. The van der Waals surface area contributed by atoms with Crippen molar-refractivity contribution in [2.75, 3.05) is 24.8 Å². The minimum atomic E-state index is -0.877. The van der Waals surface area contributed by atoms with E-state index in [0.717, 1.165) is 10.6 Å². The van der Waals surface area contributed by atoms with Crippen LogP contribution in [0, 0.1) is 0 Å². The fraction of sp³-hybridized carbons (Fsp3) is 0.417. The lowest BCUT2D eigenvalue weighted by atomic mass is 9.99. The Hall–Kier alpha value is -1.04. The van der Waals surface area contributed by atoms with E-state index >= 15 is 0 Å². The highest BCUT2D eigenvalue weighted by Gasteiger charge is 2.38. The Kier molecular flexibility index (Phi) is 3.71. The van der Waals surface area contributed by atoms with E-state index in [1.54, 1.807) is 11.8 Å². The molecule has 0 bridgehead atoms. The number of nitrogens with two attached hydrogens (primary N) is 1. The van der Waals surface area contributed by atoms with Gasteiger partial charge < -0.3 is 15.8 Å². The van der Waals surface area contributed by atoms with Gasteiger partial charge in [-0.1, -0.05) is 0 Å². The number of benzene rings is 1. The molecular formula is C12H16N2O2S. The summed E-state index contributed by atoms with van der Waals surface area (Å²) in [5.41, 5.74) is 5.86. The van der Waals surface area contributed by atoms with Gasteiger partial charge in [-0.05, 0) is 36.9 Å². The lowest BCUT2D eigenvalue weighted by Gasteiger charge is -2.20. The van der Waals surface area contributed by atoms with Gasteiger partial charge in [0.2, 0.25) is 5.91 Å². The van der Waals surface area contributed by atoms with Crippen LogP contribution in [0.2, 0.25) is 0 Å². The maximum atomic E-state index is 12.0. The van der Waals surface area contributed by atoms with Crippen LogP contribution in [0.3, 0.4) is 0 Å². The van der Waals surface area contributed by atoms with Gasteiger partial charge in [-0.3, -0.25) is 4.79 Å². The van der Waals surface area contributed by atoms with Crippen molar-refractivity contribution in [3.8, 4) is 0 Å². The smallest absolute Gasteiger partial charge is 0.246 e. The van der Waals surface area contributed by atoms with Gasteiger partial charge >= 0.3 is 0 Å². The standard InChI is InChI=1S/C12H16N2O2S/c1-17-10-4-2-9(3-5-10)14-11(15)12(13)6-7-16-8-12/h2-5H,6-8,13H2,1H3,(H,14,15). The number of ether oxygens (including phenoxy) is 1. The summed E-state index contributed by atoms with van der Waals surface area (Å²) >= 11 is 1.66. The van der Waals surface area contributed by atoms with Crippen LogP contribution in [-0.4, -0.2) is 30.9 Å². The molecule has 1 aliphatic heterocycles. The molecule has 1 aromatic carbocycles. The molecule has 1 unspecified atom stereocenters. The van der Waals surface area contributed by atoms with E-state index in [-0.39, 0.29) is 5.91 Å². The van der Waals surface area contributed by atoms with Gasteiger partial charge in [0.15, 0.2) is 0 Å². The summed E-state index contributed by atoms with van der Waals surface area (Å²) in [6, 6.07) is 7.69. The van der Waals surface area contributed by atoms with Crippen LogP contribution >= 0.6 is 11.8 Å². The minimum absolute atomic E-state index is 0.174. The predicted molar refractivity (Wildman–Crippen MR) is 69.2 cm³/mol. The molecule has 4 nitrogen and oxygen atoms in total. The van der Waals surface area contributed by atoms with Gasteiger partial charge in [-0.2, -0.15) is 0 Å². The Morgan fingerprint density at radius 3 is 2.71 bits per heavy atom. The summed E-state index contributed by atoms with van der Waals surface area (Å²) in [5, 5.41) is 2.82. The summed E-state index contributed by atoms with van der Waals surface area (Å²) in [7, 11) is 0. The highest BCUT2D eigenvalue weighted by Crippen LogP contribution is 2.20. The highest BCUT2D eigenvalue weighted by atomic mass is 32.2. The van der Waals surface area contributed by atoms with Crippen molar-refractivity contribution in [2.45, 2.75) is 16.9 Å². The van der Waals surface area contributed by atoms with Crippen LogP contribution in [0.5, 0.6) is 0 Å². The van der Waals surface area contributed by atoms with Crippen LogP contribution in [0.15, 0.2) is 29.2 Å². The van der Waals surface area contributed by atoms with Gasteiger partial charge in [0.1, 0.15) is 5.54 Å². The van der Waals surface area contributed by atoms with Crippen molar-refractivity contribution in [1.29, 1.82) is 0 Å². The predicted octanol–water partition coefficient (Wildman–Crippen LogP) is 1.46. The van der Waals surface area contributed by atoms with E-state index in [2.05, 4.69) is 5.32 Å². The van der Waals surface area contributed by atoms with Crippen molar-refractivity contribution < 1.29 is 9.53 Å². The normalized spacial score (nSPS) is 23.6. The van der Waals surface area contributed by atoms with E-state index in [1.165, 1.54) is 0 Å². The molecule has 1 atom stereocenters. The first-order valence-corrected chi connectivity index (χ1v) is 6.69. The summed E-state index contributed by atoms with van der Waals surface area (Å²) in [5.74, 6) is -0.174. The lowest BCUT2D eigenvalue weighted by molar-refractivity contribution is -0.121. The van der Waals surface area contributed by atoms with E-state index in [4.69, 9.17) is 10.5 Å². The number of amides is 1. The zero-order valence-corrected chi connectivity index (χ0v) is 10.5. The Morgan fingerprint density at radius 1 is 1.47 bits per heavy atom. The van der Waals surface area contributed by atoms with Crippen LogP contribution in [-0.2, 0) is 9.53 Å². The van der Waals surface area contributed by atoms with Gasteiger partial charge in [-0.15, -0.1) is 11.8 Å². The number of hydrogen-bond donors (Lipinski definition) is 2. The molecule has 0 radical (unpaired) electrons. The van der Waals surface area contributed by atoms with E-state index in [1.807, 2.05) is 30.5 Å². The largest absolute Gasteiger partial charge is 0.379 e. The first kappa shape index (κ1) is 12.4. The van der Waals surface area contributed by atoms with Gasteiger partial charge in [0, 0.05) is 17.2 Å². The second-order valence-electron chi connectivity index (χ2n) is 4.14. The van der Waals surface area contributed by atoms with Gasteiger partial charge in [0.25, 0.3) is 0 Å². The Bertz CT molecular complexity index is 399. The number of carbonyl (C=O) groups excluding carboxylic acids is 1. The molecule has 17 heavy (non-hydrogen) atoms. The summed E-state index contributed by atoms with van der Waals surface area (Å²) in [6.07, 6.45) is 2.58.